The Hall–Kier alpha value is -1.85. The number of aromatic nitrogens is 2. The lowest BCUT2D eigenvalue weighted by Crippen LogP contribution is -2.44. The summed E-state index contributed by atoms with van der Waals surface area (Å²) >= 11 is 0. The fourth-order valence-corrected chi connectivity index (χ4v) is 3.75. The number of hydrogen-bond donors (Lipinski definition) is 2. The molecule has 0 saturated heterocycles. The van der Waals surface area contributed by atoms with Crippen LogP contribution < -0.4 is 11.1 Å². The van der Waals surface area contributed by atoms with Crippen LogP contribution in [-0.4, -0.2) is 28.3 Å². The summed E-state index contributed by atoms with van der Waals surface area (Å²) in [6, 6.07) is 10.1. The molecule has 1 aromatic heterocycles. The van der Waals surface area contributed by atoms with Crippen molar-refractivity contribution in [2.24, 2.45) is 11.7 Å². The zero-order valence-corrected chi connectivity index (χ0v) is 16.4. The van der Waals surface area contributed by atoms with E-state index in [1.54, 1.807) is 0 Å². The summed E-state index contributed by atoms with van der Waals surface area (Å²) in [5, 5.41) is 7.70. The SMILES string of the molecule is Cc1cc(C)n(Cc2cccc(C(=O)NC3CCCCC3CN)c2)n1.Cl. The lowest BCUT2D eigenvalue weighted by atomic mass is 9.84. The molecule has 6 heteroatoms. The van der Waals surface area contributed by atoms with Gasteiger partial charge < -0.3 is 11.1 Å². The molecule has 1 heterocycles. The minimum absolute atomic E-state index is 0. The Bertz CT molecular complexity index is 743. The number of rotatable bonds is 5. The maximum Gasteiger partial charge on any atom is 0.251 e. The first kappa shape index (κ1) is 20.5. The molecule has 0 aliphatic heterocycles. The summed E-state index contributed by atoms with van der Waals surface area (Å²) in [6.07, 6.45) is 4.52. The second-order valence-corrected chi connectivity index (χ2v) is 7.15. The summed E-state index contributed by atoms with van der Waals surface area (Å²) in [6.45, 7) is 5.36. The van der Waals surface area contributed by atoms with E-state index in [1.807, 2.05) is 42.8 Å². The predicted molar refractivity (Wildman–Crippen MR) is 107 cm³/mol. The predicted octanol–water partition coefficient (Wildman–Crippen LogP) is 3.22. The minimum Gasteiger partial charge on any atom is -0.349 e. The molecule has 1 aliphatic rings. The monoisotopic (exact) mass is 376 g/mol. The lowest BCUT2D eigenvalue weighted by Gasteiger charge is -2.31. The van der Waals surface area contributed by atoms with E-state index in [0.29, 0.717) is 24.6 Å². The third-order valence-electron chi connectivity index (χ3n) is 5.15. The van der Waals surface area contributed by atoms with Crippen molar-refractivity contribution >= 4 is 18.3 Å². The molecular weight excluding hydrogens is 348 g/mol. The van der Waals surface area contributed by atoms with Crippen LogP contribution in [0.4, 0.5) is 0 Å². The van der Waals surface area contributed by atoms with Gasteiger partial charge in [0.05, 0.1) is 12.2 Å². The van der Waals surface area contributed by atoms with Gasteiger partial charge in [-0.2, -0.15) is 5.10 Å². The molecule has 5 nitrogen and oxygen atoms in total. The van der Waals surface area contributed by atoms with E-state index in [9.17, 15) is 4.79 Å². The molecule has 1 aliphatic carbocycles. The number of nitrogens with zero attached hydrogens (tertiary/aromatic N) is 2. The average Bonchev–Trinajstić information content (AvgIpc) is 2.92. The van der Waals surface area contributed by atoms with Crippen molar-refractivity contribution in [3.8, 4) is 0 Å². The summed E-state index contributed by atoms with van der Waals surface area (Å²) < 4.78 is 1.97. The quantitative estimate of drug-likeness (QED) is 0.841. The van der Waals surface area contributed by atoms with Crippen LogP contribution in [-0.2, 0) is 6.54 Å². The van der Waals surface area contributed by atoms with Gasteiger partial charge in [-0.1, -0.05) is 25.0 Å². The van der Waals surface area contributed by atoms with Crippen LogP contribution in [0.5, 0.6) is 0 Å². The van der Waals surface area contributed by atoms with E-state index in [2.05, 4.69) is 16.5 Å². The van der Waals surface area contributed by atoms with Crippen molar-refractivity contribution in [2.75, 3.05) is 6.54 Å². The number of nitrogens with two attached hydrogens (primary N) is 1. The fourth-order valence-electron chi connectivity index (χ4n) is 3.75. The first-order valence-corrected chi connectivity index (χ1v) is 9.17. The van der Waals surface area contributed by atoms with Crippen LogP contribution in [0.25, 0.3) is 0 Å². The molecule has 26 heavy (non-hydrogen) atoms. The highest BCUT2D eigenvalue weighted by Gasteiger charge is 2.25. The lowest BCUT2D eigenvalue weighted by molar-refractivity contribution is 0.0908. The Labute approximate surface area is 161 Å². The molecule has 0 radical (unpaired) electrons. The maximum absolute atomic E-state index is 12.7. The standard InChI is InChI=1S/C20H28N4O.ClH/c1-14-10-15(2)24(23-14)13-16-6-5-8-17(11-16)20(25)22-19-9-4-3-7-18(19)12-21;/h5-6,8,10-11,18-19H,3-4,7,9,12-13,21H2,1-2H3,(H,22,25);1H. The smallest absolute Gasteiger partial charge is 0.251 e. The Morgan fingerprint density at radius 2 is 2.04 bits per heavy atom. The van der Waals surface area contributed by atoms with E-state index in [4.69, 9.17) is 5.73 Å². The van der Waals surface area contributed by atoms with Gasteiger partial charge in [0.1, 0.15) is 0 Å². The van der Waals surface area contributed by atoms with Crippen molar-refractivity contribution in [3.63, 3.8) is 0 Å². The molecule has 0 bridgehead atoms. The number of amides is 1. The summed E-state index contributed by atoms with van der Waals surface area (Å²) in [7, 11) is 0. The molecule has 3 N–H and O–H groups in total. The Morgan fingerprint density at radius 3 is 2.73 bits per heavy atom. The van der Waals surface area contributed by atoms with E-state index < -0.39 is 0 Å². The van der Waals surface area contributed by atoms with Crippen LogP contribution >= 0.6 is 12.4 Å². The van der Waals surface area contributed by atoms with Gasteiger partial charge in [-0.15, -0.1) is 12.4 Å². The highest BCUT2D eigenvalue weighted by Crippen LogP contribution is 2.24. The van der Waals surface area contributed by atoms with E-state index in [0.717, 1.165) is 29.8 Å². The zero-order chi connectivity index (χ0) is 17.8. The average molecular weight is 377 g/mol. The topological polar surface area (TPSA) is 72.9 Å². The van der Waals surface area contributed by atoms with Gasteiger partial charge in [-0.25, -0.2) is 0 Å². The third kappa shape index (κ3) is 4.86. The fraction of sp³-hybridized carbons (Fsp3) is 0.500. The largest absolute Gasteiger partial charge is 0.349 e. The Balaban J connectivity index is 0.00000243. The number of halogens is 1. The van der Waals surface area contributed by atoms with Gasteiger partial charge in [0, 0.05) is 17.3 Å². The van der Waals surface area contributed by atoms with Gasteiger partial charge in [0.25, 0.3) is 5.91 Å². The van der Waals surface area contributed by atoms with Crippen molar-refractivity contribution in [1.82, 2.24) is 15.1 Å². The molecule has 1 aromatic carbocycles. The molecule has 3 rings (SSSR count). The van der Waals surface area contributed by atoms with E-state index >= 15 is 0 Å². The van der Waals surface area contributed by atoms with Gasteiger partial charge in [-0.3, -0.25) is 9.48 Å². The van der Waals surface area contributed by atoms with Gasteiger partial charge in [0.15, 0.2) is 0 Å². The van der Waals surface area contributed by atoms with Crippen molar-refractivity contribution < 1.29 is 4.79 Å². The molecule has 1 amide bonds. The van der Waals surface area contributed by atoms with Gasteiger partial charge in [-0.05, 0) is 62.9 Å². The third-order valence-corrected chi connectivity index (χ3v) is 5.15. The molecule has 2 unspecified atom stereocenters. The van der Waals surface area contributed by atoms with Crippen molar-refractivity contribution in [3.05, 3.63) is 52.8 Å². The normalized spacial score (nSPS) is 19.7. The molecule has 1 fully saturated rings. The molecule has 1 saturated carbocycles. The number of aryl methyl sites for hydroxylation is 2. The zero-order valence-electron chi connectivity index (χ0n) is 15.6. The van der Waals surface area contributed by atoms with E-state index in [-0.39, 0.29) is 24.4 Å². The number of carbonyl (C=O) groups is 1. The maximum atomic E-state index is 12.7. The number of benzene rings is 1. The van der Waals surface area contributed by atoms with Crippen molar-refractivity contribution in [2.45, 2.75) is 52.1 Å². The van der Waals surface area contributed by atoms with Crippen LogP contribution in [0.3, 0.4) is 0 Å². The first-order chi connectivity index (χ1) is 12.1. The summed E-state index contributed by atoms with van der Waals surface area (Å²) in [5.74, 6) is 0.399. The van der Waals surface area contributed by atoms with Crippen LogP contribution in [0.2, 0.25) is 0 Å². The minimum atomic E-state index is 0. The number of nitrogens with one attached hydrogen (secondary N) is 1. The van der Waals surface area contributed by atoms with Gasteiger partial charge >= 0.3 is 0 Å². The molecule has 0 spiro atoms. The summed E-state index contributed by atoms with van der Waals surface area (Å²) in [4.78, 5) is 12.7. The van der Waals surface area contributed by atoms with Gasteiger partial charge in [0.2, 0.25) is 0 Å². The van der Waals surface area contributed by atoms with Crippen LogP contribution in [0, 0.1) is 19.8 Å². The van der Waals surface area contributed by atoms with Crippen LogP contribution in [0.1, 0.15) is 53.0 Å². The van der Waals surface area contributed by atoms with Crippen molar-refractivity contribution in [1.29, 1.82) is 0 Å². The molecule has 142 valence electrons. The summed E-state index contributed by atoms with van der Waals surface area (Å²) in [5.41, 5.74) is 9.80. The Morgan fingerprint density at radius 1 is 1.27 bits per heavy atom. The number of carbonyl (C=O) groups excluding carboxylic acids is 1. The highest BCUT2D eigenvalue weighted by atomic mass is 35.5. The Kier molecular flexibility index (Phi) is 7.23. The molecular formula is C20H29ClN4O. The van der Waals surface area contributed by atoms with Crippen LogP contribution in [0.15, 0.2) is 30.3 Å². The first-order valence-electron chi connectivity index (χ1n) is 9.17. The molecule has 2 atom stereocenters. The second-order valence-electron chi connectivity index (χ2n) is 7.15. The molecule has 2 aromatic rings. The highest BCUT2D eigenvalue weighted by molar-refractivity contribution is 5.94. The number of hydrogen-bond acceptors (Lipinski definition) is 3. The van der Waals surface area contributed by atoms with E-state index in [1.165, 1.54) is 12.8 Å². The second kappa shape index (κ2) is 9.19.